The van der Waals surface area contributed by atoms with E-state index in [9.17, 15) is 34.5 Å². The number of amides is 3. The molecule has 0 aliphatic carbocycles. The van der Waals surface area contributed by atoms with Crippen LogP contribution < -0.4 is 33.2 Å². The molecule has 0 heterocycles. The first-order valence-electron chi connectivity index (χ1n) is 12.2. The van der Waals surface area contributed by atoms with Crippen molar-refractivity contribution in [2.75, 3.05) is 13.2 Å². The van der Waals surface area contributed by atoms with Crippen LogP contribution in [0.4, 0.5) is 0 Å². The van der Waals surface area contributed by atoms with Crippen molar-refractivity contribution in [1.29, 1.82) is 0 Å². The molecular weight excluding hydrogens is 498 g/mol. The summed E-state index contributed by atoms with van der Waals surface area (Å²) in [7, 11) is 0. The molecule has 212 valence electrons. The maximum Gasteiger partial charge on any atom is 0.326 e. The van der Waals surface area contributed by atoms with Gasteiger partial charge in [0.2, 0.25) is 17.7 Å². The fraction of sp³-hybridized carbons (Fsp3) is 0.542. The van der Waals surface area contributed by atoms with Crippen molar-refractivity contribution in [3.05, 3.63) is 29.8 Å². The van der Waals surface area contributed by atoms with Crippen LogP contribution in [0.15, 0.2) is 29.3 Å². The van der Waals surface area contributed by atoms with Crippen molar-refractivity contribution in [2.45, 2.75) is 63.7 Å². The maximum atomic E-state index is 13.2. The molecule has 4 unspecified atom stereocenters. The van der Waals surface area contributed by atoms with Crippen molar-refractivity contribution in [2.24, 2.45) is 28.1 Å². The second-order valence-electron chi connectivity index (χ2n) is 9.26. The fourth-order valence-electron chi connectivity index (χ4n) is 3.45. The van der Waals surface area contributed by atoms with E-state index in [1.165, 1.54) is 12.1 Å². The van der Waals surface area contributed by atoms with Gasteiger partial charge in [0.05, 0.1) is 6.61 Å². The number of carboxylic acid groups (broad SMARTS) is 1. The van der Waals surface area contributed by atoms with E-state index in [0.29, 0.717) is 12.0 Å². The van der Waals surface area contributed by atoms with Crippen molar-refractivity contribution < 1.29 is 34.5 Å². The molecule has 0 spiro atoms. The fourth-order valence-corrected chi connectivity index (χ4v) is 3.45. The lowest BCUT2D eigenvalue weighted by molar-refractivity contribution is -0.142. The number of carbonyl (C=O) groups is 4. The van der Waals surface area contributed by atoms with Gasteiger partial charge in [0.25, 0.3) is 0 Å². The first kappa shape index (κ1) is 32.1. The number of guanidine groups is 1. The van der Waals surface area contributed by atoms with Gasteiger partial charge in [0, 0.05) is 13.0 Å². The third kappa shape index (κ3) is 11.9. The van der Waals surface area contributed by atoms with Crippen LogP contribution in [-0.2, 0) is 25.6 Å². The number of aromatic hydroxyl groups is 1. The lowest BCUT2D eigenvalue weighted by atomic mass is 10.00. The van der Waals surface area contributed by atoms with E-state index in [4.69, 9.17) is 17.2 Å². The zero-order valence-corrected chi connectivity index (χ0v) is 21.6. The van der Waals surface area contributed by atoms with E-state index >= 15 is 0 Å². The third-order valence-corrected chi connectivity index (χ3v) is 5.44. The van der Waals surface area contributed by atoms with Gasteiger partial charge in [-0.05, 0) is 42.9 Å². The minimum absolute atomic E-state index is 0.00539. The summed E-state index contributed by atoms with van der Waals surface area (Å²) in [5.41, 5.74) is 16.7. The largest absolute Gasteiger partial charge is 0.508 e. The van der Waals surface area contributed by atoms with E-state index in [1.807, 2.05) is 13.8 Å². The van der Waals surface area contributed by atoms with Crippen LogP contribution in [0.25, 0.3) is 0 Å². The number of hydrogen-bond donors (Lipinski definition) is 9. The number of benzene rings is 1. The first-order valence-corrected chi connectivity index (χ1v) is 12.2. The second kappa shape index (κ2) is 16.0. The smallest absolute Gasteiger partial charge is 0.326 e. The van der Waals surface area contributed by atoms with Gasteiger partial charge in [-0.3, -0.25) is 19.4 Å². The van der Waals surface area contributed by atoms with E-state index in [2.05, 4.69) is 20.9 Å². The number of aliphatic hydroxyl groups is 1. The number of carboxylic acids is 1. The highest BCUT2D eigenvalue weighted by molar-refractivity contribution is 5.94. The van der Waals surface area contributed by atoms with Gasteiger partial charge in [-0.25, -0.2) is 4.79 Å². The summed E-state index contributed by atoms with van der Waals surface area (Å²) in [6, 6.07) is 1.17. The molecule has 0 saturated carbocycles. The lowest BCUT2D eigenvalue weighted by Gasteiger charge is -2.26. The molecule has 14 nitrogen and oxygen atoms in total. The molecule has 12 N–H and O–H groups in total. The Bertz CT molecular complexity index is 965. The van der Waals surface area contributed by atoms with Gasteiger partial charge in [-0.15, -0.1) is 0 Å². The number of aliphatic imine (C=N–C) groups is 1. The summed E-state index contributed by atoms with van der Waals surface area (Å²) in [6.45, 7) is 3.19. The van der Waals surface area contributed by atoms with Crippen LogP contribution in [0.3, 0.4) is 0 Å². The summed E-state index contributed by atoms with van der Waals surface area (Å²) >= 11 is 0. The van der Waals surface area contributed by atoms with Gasteiger partial charge >= 0.3 is 5.97 Å². The summed E-state index contributed by atoms with van der Waals surface area (Å²) < 4.78 is 0. The number of nitrogens with one attached hydrogen (secondary N) is 3. The molecule has 1 aromatic carbocycles. The Kier molecular flexibility index (Phi) is 13.6. The highest BCUT2D eigenvalue weighted by Crippen LogP contribution is 2.13. The Morgan fingerprint density at radius 3 is 2.00 bits per heavy atom. The number of carbonyl (C=O) groups excluding carboxylic acids is 3. The van der Waals surface area contributed by atoms with Gasteiger partial charge in [0.1, 0.15) is 29.9 Å². The highest BCUT2D eigenvalue weighted by atomic mass is 16.4. The number of rotatable bonds is 16. The molecular formula is C24H39N7O7. The number of phenols is 1. The summed E-state index contributed by atoms with van der Waals surface area (Å²) in [5.74, 6) is -3.61. The molecule has 1 aromatic rings. The topological polar surface area (TPSA) is 255 Å². The molecule has 3 amide bonds. The highest BCUT2D eigenvalue weighted by Gasteiger charge is 2.30. The quantitative estimate of drug-likeness (QED) is 0.0630. The van der Waals surface area contributed by atoms with Gasteiger partial charge in [0.15, 0.2) is 5.96 Å². The summed E-state index contributed by atoms with van der Waals surface area (Å²) in [5, 5.41) is 35.8. The Morgan fingerprint density at radius 2 is 1.47 bits per heavy atom. The molecule has 0 bridgehead atoms. The van der Waals surface area contributed by atoms with Crippen molar-refractivity contribution in [3.8, 4) is 5.75 Å². The average molecular weight is 538 g/mol. The van der Waals surface area contributed by atoms with Crippen LogP contribution in [0.1, 0.15) is 38.7 Å². The van der Waals surface area contributed by atoms with E-state index < -0.39 is 54.5 Å². The van der Waals surface area contributed by atoms with Crippen molar-refractivity contribution >= 4 is 29.7 Å². The van der Waals surface area contributed by atoms with Crippen molar-refractivity contribution in [3.63, 3.8) is 0 Å². The number of phenolic OH excluding ortho intramolecular Hbond substituents is 1. The Hall–Kier alpha value is -3.91. The molecule has 0 aliphatic heterocycles. The predicted molar refractivity (Wildman–Crippen MR) is 140 cm³/mol. The van der Waals surface area contributed by atoms with Gasteiger partial charge < -0.3 is 48.5 Å². The Labute approximate surface area is 221 Å². The monoisotopic (exact) mass is 537 g/mol. The number of nitrogens with zero attached hydrogens (tertiary/aromatic N) is 1. The lowest BCUT2D eigenvalue weighted by Crippen LogP contribution is -2.58. The second-order valence-corrected chi connectivity index (χ2v) is 9.26. The number of aliphatic carboxylic acids is 1. The molecule has 0 aliphatic rings. The molecule has 0 saturated heterocycles. The van der Waals surface area contributed by atoms with Crippen LogP contribution >= 0.6 is 0 Å². The van der Waals surface area contributed by atoms with Gasteiger partial charge in [-0.1, -0.05) is 26.0 Å². The van der Waals surface area contributed by atoms with Crippen LogP contribution in [0.2, 0.25) is 0 Å². The Balaban J connectivity index is 3.06. The number of nitrogens with two attached hydrogens (primary N) is 3. The molecule has 0 fully saturated rings. The van der Waals surface area contributed by atoms with Crippen LogP contribution in [0.5, 0.6) is 5.75 Å². The maximum absolute atomic E-state index is 13.2. The molecule has 0 aromatic heterocycles. The van der Waals surface area contributed by atoms with Crippen molar-refractivity contribution in [1.82, 2.24) is 16.0 Å². The minimum Gasteiger partial charge on any atom is -0.508 e. The molecule has 1 rings (SSSR count). The van der Waals surface area contributed by atoms with E-state index in [1.54, 1.807) is 12.1 Å². The normalized spacial score (nSPS) is 14.0. The minimum atomic E-state index is -1.27. The SMILES string of the molecule is CC(C)CC(NC(=O)C(Cc1ccc(O)cc1)NC(=O)C(N)CO)C(=O)NC(CCCN=C(N)N)C(=O)O. The standard InChI is InChI=1S/C24H39N7O7/c1-13(2)10-18(21(35)29-17(23(37)38)4-3-9-28-24(26)27)31-22(36)19(30-20(34)16(25)12-32)11-14-5-7-15(33)8-6-14/h5-8,13,16-19,32-33H,3-4,9-12,25H2,1-2H3,(H,29,35)(H,30,34)(H,31,36)(H,37,38)(H4,26,27,28). The third-order valence-electron chi connectivity index (χ3n) is 5.44. The molecule has 0 radical (unpaired) electrons. The van der Waals surface area contributed by atoms with E-state index in [-0.39, 0.29) is 43.4 Å². The zero-order chi connectivity index (χ0) is 28.8. The van der Waals surface area contributed by atoms with Crippen LogP contribution in [-0.4, -0.2) is 82.3 Å². The molecule has 14 heteroatoms. The number of aliphatic hydroxyl groups excluding tert-OH is 1. The molecule has 38 heavy (non-hydrogen) atoms. The summed E-state index contributed by atoms with van der Waals surface area (Å²) in [6.07, 6.45) is 0.531. The predicted octanol–water partition coefficient (Wildman–Crippen LogP) is -2.11. The average Bonchev–Trinajstić information content (AvgIpc) is 2.84. The van der Waals surface area contributed by atoms with Crippen LogP contribution in [0, 0.1) is 5.92 Å². The molecule has 4 atom stereocenters. The van der Waals surface area contributed by atoms with Gasteiger partial charge in [-0.2, -0.15) is 0 Å². The van der Waals surface area contributed by atoms with E-state index in [0.717, 1.165) is 0 Å². The first-order chi connectivity index (χ1) is 17.8. The number of hydrogen-bond acceptors (Lipinski definition) is 8. The Morgan fingerprint density at radius 1 is 0.921 bits per heavy atom. The summed E-state index contributed by atoms with van der Waals surface area (Å²) in [4.78, 5) is 54.1. The zero-order valence-electron chi connectivity index (χ0n) is 21.6.